The summed E-state index contributed by atoms with van der Waals surface area (Å²) in [4.78, 5) is 0. The van der Waals surface area contributed by atoms with E-state index >= 15 is 0 Å². The van der Waals surface area contributed by atoms with Crippen molar-refractivity contribution in [1.29, 1.82) is 0 Å². The molecule has 2 aliphatic carbocycles. The Labute approximate surface area is 166 Å². The van der Waals surface area contributed by atoms with Crippen LogP contribution in [-0.2, 0) is 0 Å². The molecule has 0 saturated heterocycles. The van der Waals surface area contributed by atoms with Crippen LogP contribution in [0.2, 0.25) is 0 Å². The fourth-order valence-corrected chi connectivity index (χ4v) is 5.77. The Morgan fingerprint density at radius 1 is 0.321 bits per heavy atom. The van der Waals surface area contributed by atoms with Crippen molar-refractivity contribution >= 4 is 0 Å². The summed E-state index contributed by atoms with van der Waals surface area (Å²) in [6.07, 6.45) is 0. The van der Waals surface area contributed by atoms with E-state index in [1.807, 2.05) is 0 Å². The van der Waals surface area contributed by atoms with Gasteiger partial charge >= 0.3 is 0 Å². The van der Waals surface area contributed by atoms with Crippen molar-refractivity contribution in [2.24, 2.45) is 0 Å². The van der Waals surface area contributed by atoms with Gasteiger partial charge in [-0.2, -0.15) is 0 Å². The van der Waals surface area contributed by atoms with E-state index in [4.69, 9.17) is 0 Å². The predicted octanol–water partition coefficient (Wildman–Crippen LogP) is 7.12. The summed E-state index contributed by atoms with van der Waals surface area (Å²) in [5.41, 5.74) is 8.82. The second-order valence-corrected chi connectivity index (χ2v) is 8.10. The molecule has 2 aliphatic rings. The van der Waals surface area contributed by atoms with E-state index in [-0.39, 0.29) is 0 Å². The highest BCUT2D eigenvalue weighted by Gasteiger charge is 2.55. The molecule has 0 N–H and O–H groups in total. The molecule has 0 aliphatic heterocycles. The largest absolute Gasteiger partial charge is 0.0622 e. The molecule has 0 radical (unpaired) electrons. The van der Waals surface area contributed by atoms with Crippen LogP contribution in [0.25, 0.3) is 11.1 Å². The molecule has 4 aromatic rings. The topological polar surface area (TPSA) is 0 Å². The number of fused-ring (bicyclic) bond motifs is 6. The lowest BCUT2D eigenvalue weighted by molar-refractivity contribution is 0.226. The average molecular weight is 358 g/mol. The molecule has 0 spiro atoms. The molecule has 4 unspecified atom stereocenters. The summed E-state index contributed by atoms with van der Waals surface area (Å²) in [6.45, 7) is 0. The second kappa shape index (κ2) is 6.21. The highest BCUT2D eigenvalue weighted by molar-refractivity contribution is 5.77. The molecule has 4 atom stereocenters. The van der Waals surface area contributed by atoms with Crippen LogP contribution >= 0.6 is 0 Å². The third-order valence-electron chi connectivity index (χ3n) is 6.85. The van der Waals surface area contributed by atoms with Crippen LogP contribution in [0.1, 0.15) is 45.9 Å². The van der Waals surface area contributed by atoms with Gasteiger partial charge in [0, 0.05) is 0 Å². The van der Waals surface area contributed by atoms with E-state index in [1.165, 1.54) is 33.4 Å². The Bertz CT molecular complexity index is 1020. The first-order chi connectivity index (χ1) is 13.9. The summed E-state index contributed by atoms with van der Waals surface area (Å²) in [5.74, 6) is 2.11. The Balaban J connectivity index is 1.60. The van der Waals surface area contributed by atoms with Crippen molar-refractivity contribution in [3.8, 4) is 11.1 Å². The van der Waals surface area contributed by atoms with Crippen molar-refractivity contribution in [3.05, 3.63) is 131 Å². The first kappa shape index (κ1) is 15.9. The highest BCUT2D eigenvalue weighted by Crippen LogP contribution is 2.70. The fourth-order valence-electron chi connectivity index (χ4n) is 5.77. The smallest absolute Gasteiger partial charge is 0.000568 e. The quantitative estimate of drug-likeness (QED) is 0.358. The lowest BCUT2D eigenvalue weighted by Gasteiger charge is -2.56. The zero-order chi connectivity index (χ0) is 18.5. The van der Waals surface area contributed by atoms with E-state index in [0.717, 1.165) is 0 Å². The van der Waals surface area contributed by atoms with E-state index in [1.54, 1.807) is 0 Å². The summed E-state index contributed by atoms with van der Waals surface area (Å²) in [6, 6.07) is 40.4. The zero-order valence-corrected chi connectivity index (χ0v) is 15.7. The minimum Gasteiger partial charge on any atom is -0.0622 e. The summed E-state index contributed by atoms with van der Waals surface area (Å²) >= 11 is 0. The van der Waals surface area contributed by atoms with Crippen LogP contribution in [0, 0.1) is 0 Å². The van der Waals surface area contributed by atoms with Gasteiger partial charge in [0.25, 0.3) is 0 Å². The molecule has 0 heteroatoms. The van der Waals surface area contributed by atoms with Gasteiger partial charge in [-0.15, -0.1) is 0 Å². The summed E-state index contributed by atoms with van der Waals surface area (Å²) < 4.78 is 0. The average Bonchev–Trinajstić information content (AvgIpc) is 2.75. The third-order valence-corrected chi connectivity index (χ3v) is 6.85. The Morgan fingerprint density at radius 2 is 0.679 bits per heavy atom. The SMILES string of the molecule is c1ccc(C2C(c3ccccc3)C3c4ccccc4-c4ccccc4C23)cc1. The van der Waals surface area contributed by atoms with Crippen LogP contribution in [-0.4, -0.2) is 0 Å². The van der Waals surface area contributed by atoms with E-state index in [2.05, 4.69) is 109 Å². The first-order valence-corrected chi connectivity index (χ1v) is 10.2. The van der Waals surface area contributed by atoms with Crippen molar-refractivity contribution < 1.29 is 0 Å². The Hall–Kier alpha value is -3.12. The standard InChI is InChI=1S/C28H22/c1-3-11-19(12-4-1)25-26(20-13-5-2-6-14-20)28-24-18-10-8-16-22(24)21-15-7-9-17-23(21)27(25)28/h1-18,25-28H. The number of rotatable bonds is 2. The molecule has 4 aromatic carbocycles. The van der Waals surface area contributed by atoms with Gasteiger partial charge in [0.05, 0.1) is 0 Å². The normalized spacial score (nSPS) is 24.4. The van der Waals surface area contributed by atoms with Gasteiger partial charge in [-0.3, -0.25) is 0 Å². The van der Waals surface area contributed by atoms with Crippen molar-refractivity contribution in [1.82, 2.24) is 0 Å². The van der Waals surface area contributed by atoms with Gasteiger partial charge in [0.1, 0.15) is 0 Å². The molecule has 28 heavy (non-hydrogen) atoms. The maximum absolute atomic E-state index is 2.36. The number of hydrogen-bond acceptors (Lipinski definition) is 0. The van der Waals surface area contributed by atoms with E-state index < -0.39 is 0 Å². The van der Waals surface area contributed by atoms with Crippen molar-refractivity contribution in [2.45, 2.75) is 23.7 Å². The van der Waals surface area contributed by atoms with Crippen molar-refractivity contribution in [3.63, 3.8) is 0 Å². The van der Waals surface area contributed by atoms with Crippen LogP contribution in [0.15, 0.2) is 109 Å². The van der Waals surface area contributed by atoms with E-state index in [0.29, 0.717) is 23.7 Å². The lowest BCUT2D eigenvalue weighted by atomic mass is 9.46. The van der Waals surface area contributed by atoms with Gasteiger partial charge < -0.3 is 0 Å². The van der Waals surface area contributed by atoms with Gasteiger partial charge in [-0.25, -0.2) is 0 Å². The second-order valence-electron chi connectivity index (χ2n) is 8.10. The molecule has 6 rings (SSSR count). The molecule has 1 fully saturated rings. The summed E-state index contributed by atoms with van der Waals surface area (Å²) in [5, 5.41) is 0. The molecule has 134 valence electrons. The molecule has 0 amide bonds. The van der Waals surface area contributed by atoms with Gasteiger partial charge in [0.15, 0.2) is 0 Å². The van der Waals surface area contributed by atoms with Gasteiger partial charge in [-0.1, -0.05) is 109 Å². The predicted molar refractivity (Wildman–Crippen MR) is 116 cm³/mol. The maximum Gasteiger partial charge on any atom is -0.000568 e. The van der Waals surface area contributed by atoms with Crippen LogP contribution in [0.4, 0.5) is 0 Å². The van der Waals surface area contributed by atoms with Crippen LogP contribution in [0.5, 0.6) is 0 Å². The van der Waals surface area contributed by atoms with E-state index in [9.17, 15) is 0 Å². The van der Waals surface area contributed by atoms with Crippen LogP contribution in [0.3, 0.4) is 0 Å². The number of benzene rings is 4. The van der Waals surface area contributed by atoms with Gasteiger partial charge in [0.2, 0.25) is 0 Å². The molecular weight excluding hydrogens is 336 g/mol. The highest BCUT2D eigenvalue weighted by atomic mass is 14.6. The molecule has 1 saturated carbocycles. The Kier molecular flexibility index (Phi) is 3.52. The van der Waals surface area contributed by atoms with Gasteiger partial charge in [-0.05, 0) is 57.1 Å². The maximum atomic E-state index is 2.36. The molecule has 0 heterocycles. The minimum absolute atomic E-state index is 0.517. The first-order valence-electron chi connectivity index (χ1n) is 10.2. The monoisotopic (exact) mass is 358 g/mol. The van der Waals surface area contributed by atoms with Crippen LogP contribution < -0.4 is 0 Å². The molecule has 0 aromatic heterocycles. The lowest BCUT2D eigenvalue weighted by Crippen LogP contribution is -2.42. The molecular formula is C28H22. The minimum atomic E-state index is 0.517. The Morgan fingerprint density at radius 3 is 1.11 bits per heavy atom. The summed E-state index contributed by atoms with van der Waals surface area (Å²) in [7, 11) is 0. The third kappa shape index (κ3) is 2.18. The molecule has 0 bridgehead atoms. The zero-order valence-electron chi connectivity index (χ0n) is 15.7. The fraction of sp³-hybridized carbons (Fsp3) is 0.143. The van der Waals surface area contributed by atoms with Crippen molar-refractivity contribution in [2.75, 3.05) is 0 Å². The molecule has 0 nitrogen and oxygen atoms in total. The number of hydrogen-bond donors (Lipinski definition) is 0.